The highest BCUT2D eigenvalue weighted by atomic mass is 16.2. The van der Waals surface area contributed by atoms with Crippen molar-refractivity contribution in [1.82, 2.24) is 9.80 Å². The number of hydrogen-bond acceptors (Lipinski definition) is 4. The molecular weight excluding hydrogens is 304 g/mol. The van der Waals surface area contributed by atoms with Gasteiger partial charge in [0.15, 0.2) is 0 Å². The molecule has 3 aliphatic rings. The molecule has 2 fully saturated rings. The lowest BCUT2D eigenvalue weighted by molar-refractivity contribution is -0.115. The maximum absolute atomic E-state index is 12.9. The van der Waals surface area contributed by atoms with Crippen LogP contribution in [0.25, 0.3) is 0 Å². The number of amides is 2. The predicted molar refractivity (Wildman–Crippen MR) is 93.4 cm³/mol. The largest absolute Gasteiger partial charge is 0.372 e. The fourth-order valence-corrected chi connectivity index (χ4v) is 4.35. The number of benzene rings is 1. The molecule has 0 atom stereocenters. The fraction of sp³-hybridized carbons (Fsp3) is 0.556. The Bertz CT molecular complexity index is 696. The molecule has 0 unspecified atom stereocenters. The Morgan fingerprint density at radius 2 is 1.96 bits per heavy atom. The number of anilines is 2. The molecule has 0 radical (unpaired) electrons. The van der Waals surface area contributed by atoms with Crippen molar-refractivity contribution < 1.29 is 9.59 Å². The van der Waals surface area contributed by atoms with Crippen LogP contribution in [0.1, 0.15) is 23.2 Å². The van der Waals surface area contributed by atoms with Crippen LogP contribution in [-0.4, -0.2) is 68.4 Å². The fourth-order valence-electron chi connectivity index (χ4n) is 4.35. The summed E-state index contributed by atoms with van der Waals surface area (Å²) in [5.41, 5.74) is 2.68. The molecule has 24 heavy (non-hydrogen) atoms. The first-order valence-corrected chi connectivity index (χ1v) is 8.59. The summed E-state index contributed by atoms with van der Waals surface area (Å²) >= 11 is 0. The molecule has 6 nitrogen and oxygen atoms in total. The number of rotatable bonds is 1. The van der Waals surface area contributed by atoms with Gasteiger partial charge in [-0.2, -0.15) is 0 Å². The first-order chi connectivity index (χ1) is 11.5. The van der Waals surface area contributed by atoms with Gasteiger partial charge in [-0.1, -0.05) is 0 Å². The van der Waals surface area contributed by atoms with Gasteiger partial charge in [-0.25, -0.2) is 0 Å². The molecule has 4 rings (SSSR count). The minimum absolute atomic E-state index is 0.00262. The lowest BCUT2D eigenvalue weighted by atomic mass is 9.79. The van der Waals surface area contributed by atoms with Crippen LogP contribution in [0.15, 0.2) is 18.2 Å². The van der Waals surface area contributed by atoms with Crippen LogP contribution in [0.5, 0.6) is 0 Å². The Balaban J connectivity index is 1.54. The summed E-state index contributed by atoms with van der Waals surface area (Å²) in [6.45, 7) is 4.54. The zero-order valence-corrected chi connectivity index (χ0v) is 14.3. The van der Waals surface area contributed by atoms with Crippen LogP contribution in [0, 0.1) is 5.41 Å². The van der Waals surface area contributed by atoms with Gasteiger partial charge in [-0.05, 0) is 31.7 Å². The number of likely N-dealkylation sites (tertiary alicyclic amines) is 2. The molecular formula is C18H24N4O2. The van der Waals surface area contributed by atoms with Crippen molar-refractivity contribution in [2.45, 2.75) is 12.8 Å². The second kappa shape index (κ2) is 5.48. The highest BCUT2D eigenvalue weighted by Crippen LogP contribution is 2.39. The Morgan fingerprint density at radius 1 is 1.17 bits per heavy atom. The van der Waals surface area contributed by atoms with Crippen LogP contribution in [0.3, 0.4) is 0 Å². The Kier molecular flexibility index (Phi) is 3.53. The maximum atomic E-state index is 12.9. The van der Waals surface area contributed by atoms with Gasteiger partial charge in [0.1, 0.15) is 0 Å². The first kappa shape index (κ1) is 15.4. The topological polar surface area (TPSA) is 55.9 Å². The minimum Gasteiger partial charge on any atom is -0.372 e. The second-order valence-corrected chi connectivity index (χ2v) is 7.60. The third kappa shape index (κ3) is 2.55. The van der Waals surface area contributed by atoms with Gasteiger partial charge in [0.05, 0.1) is 11.4 Å². The molecule has 0 aliphatic carbocycles. The Hall–Kier alpha value is -2.08. The quantitative estimate of drug-likeness (QED) is 0.843. The van der Waals surface area contributed by atoms with E-state index in [1.165, 1.54) is 0 Å². The summed E-state index contributed by atoms with van der Waals surface area (Å²) in [5, 5.41) is 2.93. The molecule has 1 aromatic carbocycles. The summed E-state index contributed by atoms with van der Waals surface area (Å²) in [6, 6.07) is 5.65. The number of carbonyl (C=O) groups excluding carboxylic acids is 2. The molecule has 0 saturated carbocycles. The third-order valence-electron chi connectivity index (χ3n) is 5.54. The van der Waals surface area contributed by atoms with Gasteiger partial charge in [-0.3, -0.25) is 9.59 Å². The summed E-state index contributed by atoms with van der Waals surface area (Å²) in [6.07, 6.45) is 1.56. The lowest BCUT2D eigenvalue weighted by Gasteiger charge is -2.46. The van der Waals surface area contributed by atoms with Gasteiger partial charge in [0.25, 0.3) is 5.91 Å². The number of nitrogens with one attached hydrogen (secondary N) is 1. The van der Waals surface area contributed by atoms with E-state index in [-0.39, 0.29) is 11.8 Å². The van der Waals surface area contributed by atoms with Gasteiger partial charge < -0.3 is 20.0 Å². The highest BCUT2D eigenvalue weighted by molar-refractivity contribution is 6.01. The smallest absolute Gasteiger partial charge is 0.253 e. The van der Waals surface area contributed by atoms with Crippen molar-refractivity contribution >= 4 is 23.2 Å². The van der Waals surface area contributed by atoms with Crippen LogP contribution in [-0.2, 0) is 4.79 Å². The average molecular weight is 328 g/mol. The van der Waals surface area contributed by atoms with Crippen molar-refractivity contribution in [3.63, 3.8) is 0 Å². The van der Waals surface area contributed by atoms with Crippen molar-refractivity contribution in [2.24, 2.45) is 5.41 Å². The van der Waals surface area contributed by atoms with Gasteiger partial charge >= 0.3 is 0 Å². The molecule has 1 spiro atoms. The van der Waals surface area contributed by atoms with Crippen LogP contribution < -0.4 is 10.2 Å². The van der Waals surface area contributed by atoms with E-state index in [0.29, 0.717) is 23.9 Å². The van der Waals surface area contributed by atoms with Crippen LogP contribution >= 0.6 is 0 Å². The molecule has 6 heteroatoms. The molecule has 2 amide bonds. The van der Waals surface area contributed by atoms with E-state index in [1.54, 1.807) is 0 Å². The van der Waals surface area contributed by atoms with E-state index >= 15 is 0 Å². The molecule has 1 N–H and O–H groups in total. The summed E-state index contributed by atoms with van der Waals surface area (Å²) < 4.78 is 0. The average Bonchev–Trinajstić information content (AvgIpc) is 2.90. The summed E-state index contributed by atoms with van der Waals surface area (Å²) in [4.78, 5) is 31.1. The van der Waals surface area contributed by atoms with E-state index in [0.717, 1.165) is 44.0 Å². The SMILES string of the molecule is CN1CC2(CCN(C(=O)c3ccc4c(c3)NC(=O)CCN4C)C2)C1. The minimum atomic E-state index is 0.00262. The number of hydrogen-bond donors (Lipinski definition) is 1. The van der Waals surface area contributed by atoms with E-state index < -0.39 is 0 Å². The van der Waals surface area contributed by atoms with E-state index in [1.807, 2.05) is 30.1 Å². The Morgan fingerprint density at radius 3 is 2.71 bits per heavy atom. The number of carbonyl (C=O) groups is 2. The zero-order valence-electron chi connectivity index (χ0n) is 14.3. The van der Waals surface area contributed by atoms with Crippen molar-refractivity contribution in [2.75, 3.05) is 57.0 Å². The predicted octanol–water partition coefficient (Wildman–Crippen LogP) is 1.24. The van der Waals surface area contributed by atoms with E-state index in [9.17, 15) is 9.59 Å². The molecule has 2 saturated heterocycles. The maximum Gasteiger partial charge on any atom is 0.253 e. The molecule has 3 aliphatic heterocycles. The first-order valence-electron chi connectivity index (χ1n) is 8.59. The summed E-state index contributed by atoms with van der Waals surface area (Å²) in [5.74, 6) is 0.0770. The standard InChI is InChI=1S/C18H24N4O2/c1-20-10-18(11-20)6-8-22(12-18)17(24)13-3-4-15-14(9-13)19-16(23)5-7-21(15)2/h3-4,9H,5-8,10-12H2,1-2H3,(H,19,23). The van der Waals surface area contributed by atoms with Gasteiger partial charge in [0.2, 0.25) is 5.91 Å². The monoisotopic (exact) mass is 328 g/mol. The normalized spacial score (nSPS) is 22.8. The molecule has 0 bridgehead atoms. The molecule has 1 aromatic rings. The van der Waals surface area contributed by atoms with Crippen molar-refractivity contribution in [1.29, 1.82) is 0 Å². The lowest BCUT2D eigenvalue weighted by Crippen LogP contribution is -2.55. The third-order valence-corrected chi connectivity index (χ3v) is 5.54. The van der Waals surface area contributed by atoms with Crippen LogP contribution in [0.2, 0.25) is 0 Å². The van der Waals surface area contributed by atoms with Crippen molar-refractivity contribution in [3.05, 3.63) is 23.8 Å². The Labute approximate surface area is 142 Å². The van der Waals surface area contributed by atoms with Gasteiger partial charge in [-0.15, -0.1) is 0 Å². The number of fused-ring (bicyclic) bond motifs is 1. The van der Waals surface area contributed by atoms with Crippen LogP contribution in [0.4, 0.5) is 11.4 Å². The highest BCUT2D eigenvalue weighted by Gasteiger charge is 2.47. The second-order valence-electron chi connectivity index (χ2n) is 7.60. The van der Waals surface area contributed by atoms with Gasteiger partial charge in [0, 0.05) is 57.2 Å². The van der Waals surface area contributed by atoms with Crippen molar-refractivity contribution in [3.8, 4) is 0 Å². The van der Waals surface area contributed by atoms with E-state index in [4.69, 9.17) is 0 Å². The zero-order chi connectivity index (χ0) is 16.9. The van der Waals surface area contributed by atoms with E-state index in [2.05, 4.69) is 22.2 Å². The molecule has 0 aromatic heterocycles. The summed E-state index contributed by atoms with van der Waals surface area (Å²) in [7, 11) is 4.10. The molecule has 3 heterocycles. The number of nitrogens with zero attached hydrogens (tertiary/aromatic N) is 3. The molecule has 128 valence electrons.